The molecule has 0 atom stereocenters. The van der Waals surface area contributed by atoms with E-state index in [1.807, 2.05) is 0 Å². The van der Waals surface area contributed by atoms with Gasteiger partial charge < -0.3 is 0 Å². The molecule has 1 N–H and O–H groups in total. The van der Waals surface area contributed by atoms with Gasteiger partial charge in [-0.05, 0) is 12.1 Å². The molecule has 13 heavy (non-hydrogen) atoms. The van der Waals surface area contributed by atoms with Gasteiger partial charge in [0.05, 0.1) is 5.69 Å². The van der Waals surface area contributed by atoms with Crippen LogP contribution in [0.4, 0.5) is 11.4 Å². The Kier molecular flexibility index (Phi) is 3.00. The summed E-state index contributed by atoms with van der Waals surface area (Å²) < 4.78 is 23.8. The summed E-state index contributed by atoms with van der Waals surface area (Å²) in [6.45, 7) is 0. The first-order chi connectivity index (χ1) is 6.24. The van der Waals surface area contributed by atoms with Crippen molar-refractivity contribution in [1.82, 2.24) is 0 Å². The third kappa shape index (κ3) is 2.57. The predicted molar refractivity (Wildman–Crippen MR) is 46.7 cm³/mol. The lowest BCUT2D eigenvalue weighted by molar-refractivity contribution is 0.622. The van der Waals surface area contributed by atoms with Crippen molar-refractivity contribution in [3.63, 3.8) is 0 Å². The normalized spacial score (nSPS) is 8.54. The van der Waals surface area contributed by atoms with Crippen molar-refractivity contribution < 1.29 is 8.42 Å². The summed E-state index contributed by atoms with van der Waals surface area (Å²) in [7, 11) is -2.50. The Morgan fingerprint density at radius 2 is 2.08 bits per heavy atom. The summed E-state index contributed by atoms with van der Waals surface area (Å²) in [5.74, 6) is 0. The van der Waals surface area contributed by atoms with E-state index in [-0.39, 0.29) is 5.69 Å². The minimum atomic E-state index is -2.50. The Bertz CT molecular complexity index is 465. The molecule has 0 unspecified atom stereocenters. The summed E-state index contributed by atoms with van der Waals surface area (Å²) in [5.41, 5.74) is 0.589. The highest BCUT2D eigenvalue weighted by Gasteiger charge is 1.97. The lowest BCUT2D eigenvalue weighted by atomic mass is 10.3. The second-order valence-electron chi connectivity index (χ2n) is 2.06. The van der Waals surface area contributed by atoms with E-state index in [4.69, 9.17) is 5.26 Å². The van der Waals surface area contributed by atoms with Gasteiger partial charge in [-0.2, -0.15) is 13.7 Å². The fourth-order valence-corrected chi connectivity index (χ4v) is 1.12. The third-order valence-corrected chi connectivity index (χ3v) is 1.61. The van der Waals surface area contributed by atoms with Gasteiger partial charge in [-0.3, -0.25) is 5.32 Å². The van der Waals surface area contributed by atoms with Gasteiger partial charge in [0, 0.05) is 0 Å². The standard InChI is InChI=1S/C7H5N3O2S/c8-5-9-6-3-1-2-4-7(6)10-13(11)12/h1-4,9H. The fourth-order valence-electron chi connectivity index (χ4n) is 0.799. The van der Waals surface area contributed by atoms with E-state index in [2.05, 4.69) is 9.68 Å². The van der Waals surface area contributed by atoms with E-state index >= 15 is 0 Å². The second-order valence-corrected chi connectivity index (χ2v) is 2.68. The summed E-state index contributed by atoms with van der Waals surface area (Å²) >= 11 is 0. The molecule has 0 spiro atoms. The van der Waals surface area contributed by atoms with Crippen LogP contribution in [0.1, 0.15) is 0 Å². The third-order valence-electron chi connectivity index (χ3n) is 1.27. The van der Waals surface area contributed by atoms with Crippen LogP contribution >= 0.6 is 0 Å². The quantitative estimate of drug-likeness (QED) is 0.569. The molecule has 0 radical (unpaired) electrons. The molecule has 0 fully saturated rings. The van der Waals surface area contributed by atoms with Gasteiger partial charge in [0.25, 0.3) is 0 Å². The monoisotopic (exact) mass is 195 g/mol. The molecule has 0 aliphatic heterocycles. The number of rotatable bonds is 2. The minimum absolute atomic E-state index is 0.220. The van der Waals surface area contributed by atoms with E-state index in [0.29, 0.717) is 5.69 Å². The van der Waals surface area contributed by atoms with Gasteiger partial charge in [0.1, 0.15) is 5.69 Å². The second kappa shape index (κ2) is 4.23. The molecule has 1 aromatic rings. The highest BCUT2D eigenvalue weighted by atomic mass is 32.2. The molecule has 5 nitrogen and oxygen atoms in total. The largest absolute Gasteiger partial charge is 0.316 e. The molecule has 0 aromatic heterocycles. The number of nitrogens with one attached hydrogen (secondary N) is 1. The van der Waals surface area contributed by atoms with E-state index in [9.17, 15) is 8.42 Å². The van der Waals surface area contributed by atoms with Gasteiger partial charge in [0.15, 0.2) is 6.19 Å². The van der Waals surface area contributed by atoms with Crippen LogP contribution in [0.5, 0.6) is 0 Å². The van der Waals surface area contributed by atoms with Gasteiger partial charge >= 0.3 is 10.5 Å². The number of nitriles is 1. The van der Waals surface area contributed by atoms with Crippen LogP contribution in [0.2, 0.25) is 0 Å². The van der Waals surface area contributed by atoms with Crippen molar-refractivity contribution in [3.05, 3.63) is 24.3 Å². The van der Waals surface area contributed by atoms with Crippen molar-refractivity contribution in [1.29, 1.82) is 5.26 Å². The summed E-state index contributed by atoms with van der Waals surface area (Å²) in [6.07, 6.45) is 1.69. The maximum Gasteiger partial charge on any atom is 0.316 e. The molecule has 6 heteroatoms. The summed E-state index contributed by atoms with van der Waals surface area (Å²) in [4.78, 5) is 0. The average Bonchev–Trinajstić information content (AvgIpc) is 2.08. The molecule has 1 aromatic carbocycles. The maximum atomic E-state index is 10.2. The molecular formula is C7H5N3O2S. The maximum absolute atomic E-state index is 10.2. The van der Waals surface area contributed by atoms with Gasteiger partial charge in [0.2, 0.25) is 0 Å². The van der Waals surface area contributed by atoms with Crippen molar-refractivity contribution >= 4 is 21.9 Å². The van der Waals surface area contributed by atoms with Gasteiger partial charge in [-0.15, -0.1) is 4.36 Å². The zero-order valence-corrected chi connectivity index (χ0v) is 7.25. The molecule has 66 valence electrons. The van der Waals surface area contributed by atoms with Crippen LogP contribution in [0.15, 0.2) is 28.6 Å². The number of para-hydroxylation sites is 1. The topological polar surface area (TPSA) is 82.3 Å². The van der Waals surface area contributed by atoms with Gasteiger partial charge in [-0.1, -0.05) is 12.1 Å². The highest BCUT2D eigenvalue weighted by molar-refractivity contribution is 7.61. The Morgan fingerprint density at radius 3 is 2.69 bits per heavy atom. The number of benzene rings is 1. The summed E-state index contributed by atoms with van der Waals surface area (Å²) in [5, 5.41) is 10.6. The molecule has 0 bridgehead atoms. The van der Waals surface area contributed by atoms with Crippen LogP contribution in [-0.2, 0) is 10.5 Å². The van der Waals surface area contributed by atoms with Gasteiger partial charge in [-0.25, -0.2) is 0 Å². The molecule has 1 rings (SSSR count). The molecule has 0 amide bonds. The number of hydrogen-bond donors (Lipinski definition) is 1. The summed E-state index contributed by atoms with van der Waals surface area (Å²) in [6, 6.07) is 6.37. The van der Waals surface area contributed by atoms with Crippen LogP contribution in [0.3, 0.4) is 0 Å². The Labute approximate surface area is 76.3 Å². The van der Waals surface area contributed by atoms with E-state index in [1.165, 1.54) is 6.07 Å². The molecule has 0 aliphatic carbocycles. The van der Waals surface area contributed by atoms with Crippen molar-refractivity contribution in [3.8, 4) is 6.19 Å². The molecular weight excluding hydrogens is 190 g/mol. The van der Waals surface area contributed by atoms with E-state index in [0.717, 1.165) is 0 Å². The predicted octanol–water partition coefficient (Wildman–Crippen LogP) is 1.27. The Hall–Kier alpha value is -1.87. The Morgan fingerprint density at radius 1 is 1.38 bits per heavy atom. The van der Waals surface area contributed by atoms with Crippen LogP contribution in [0.25, 0.3) is 0 Å². The zero-order valence-electron chi connectivity index (χ0n) is 6.43. The lowest BCUT2D eigenvalue weighted by Gasteiger charge is -1.98. The number of nitrogens with zero attached hydrogens (tertiary/aromatic N) is 2. The highest BCUT2D eigenvalue weighted by Crippen LogP contribution is 2.23. The van der Waals surface area contributed by atoms with Crippen molar-refractivity contribution in [2.45, 2.75) is 0 Å². The van der Waals surface area contributed by atoms with E-state index in [1.54, 1.807) is 24.4 Å². The molecule has 0 saturated heterocycles. The minimum Gasteiger partial charge on any atom is -0.291 e. The van der Waals surface area contributed by atoms with E-state index < -0.39 is 10.5 Å². The van der Waals surface area contributed by atoms with Crippen LogP contribution in [-0.4, -0.2) is 8.42 Å². The first kappa shape index (κ1) is 9.22. The van der Waals surface area contributed by atoms with Crippen LogP contribution in [0, 0.1) is 11.5 Å². The first-order valence-corrected chi connectivity index (χ1v) is 4.32. The zero-order chi connectivity index (χ0) is 9.68. The van der Waals surface area contributed by atoms with Crippen LogP contribution < -0.4 is 5.32 Å². The molecule has 0 heterocycles. The first-order valence-electron chi connectivity index (χ1n) is 3.29. The fraction of sp³-hybridized carbons (Fsp3) is 0. The Balaban J connectivity index is 3.21. The average molecular weight is 195 g/mol. The molecule has 0 aliphatic rings. The molecule has 0 saturated carbocycles. The van der Waals surface area contributed by atoms with Crippen molar-refractivity contribution in [2.24, 2.45) is 4.36 Å². The van der Waals surface area contributed by atoms with Crippen molar-refractivity contribution in [2.75, 3.05) is 5.32 Å². The number of hydrogen-bond acceptors (Lipinski definition) is 5. The number of anilines is 1. The SMILES string of the molecule is N#CNc1ccccc1N=S(=O)=O. The lowest BCUT2D eigenvalue weighted by Crippen LogP contribution is -1.86. The smallest absolute Gasteiger partial charge is 0.291 e.